The van der Waals surface area contributed by atoms with Crippen LogP contribution in [0, 0.1) is 0 Å². The molecule has 4 N–H and O–H groups in total. The summed E-state index contributed by atoms with van der Waals surface area (Å²) >= 11 is 0. The molecule has 1 atom stereocenters. The summed E-state index contributed by atoms with van der Waals surface area (Å²) in [5.74, 6) is 0. The number of rotatable bonds is 8. The standard InChI is InChI=1S/C13H23N3O3S/c1-3-8-16(9-11(14)10-19-2)12-6-4-5-7-13(12)20(15,17)18/h4-7,11H,3,8-10,14H2,1-2H3,(H2,15,17,18). The lowest BCUT2D eigenvalue weighted by Crippen LogP contribution is -2.41. The number of sulfonamides is 1. The van der Waals surface area contributed by atoms with E-state index in [0.717, 1.165) is 6.42 Å². The van der Waals surface area contributed by atoms with Crippen molar-refractivity contribution in [3.8, 4) is 0 Å². The Morgan fingerprint density at radius 1 is 1.35 bits per heavy atom. The number of methoxy groups -OCH3 is 1. The Morgan fingerprint density at radius 2 is 2.00 bits per heavy atom. The van der Waals surface area contributed by atoms with Crippen LogP contribution in [0.2, 0.25) is 0 Å². The van der Waals surface area contributed by atoms with Crippen LogP contribution in [0.1, 0.15) is 13.3 Å². The van der Waals surface area contributed by atoms with E-state index in [-0.39, 0.29) is 10.9 Å². The van der Waals surface area contributed by atoms with Crippen molar-refractivity contribution in [3.63, 3.8) is 0 Å². The molecule has 0 spiro atoms. The smallest absolute Gasteiger partial charge is 0.240 e. The number of anilines is 1. The zero-order valence-electron chi connectivity index (χ0n) is 12.0. The molecule has 0 heterocycles. The second kappa shape index (κ2) is 7.58. The predicted molar refractivity (Wildman–Crippen MR) is 80.2 cm³/mol. The van der Waals surface area contributed by atoms with E-state index in [4.69, 9.17) is 15.6 Å². The first-order valence-electron chi connectivity index (χ1n) is 6.51. The number of hydrogen-bond donors (Lipinski definition) is 2. The molecule has 114 valence electrons. The largest absolute Gasteiger partial charge is 0.383 e. The molecule has 0 saturated carbocycles. The number of benzene rings is 1. The molecule has 0 aliphatic rings. The summed E-state index contributed by atoms with van der Waals surface area (Å²) in [6, 6.07) is 6.50. The van der Waals surface area contributed by atoms with Crippen molar-refractivity contribution >= 4 is 15.7 Å². The van der Waals surface area contributed by atoms with E-state index in [9.17, 15) is 8.42 Å². The van der Waals surface area contributed by atoms with Crippen LogP contribution >= 0.6 is 0 Å². The fraction of sp³-hybridized carbons (Fsp3) is 0.538. The van der Waals surface area contributed by atoms with Crippen LogP contribution in [-0.2, 0) is 14.8 Å². The molecule has 0 radical (unpaired) electrons. The number of nitrogens with two attached hydrogens (primary N) is 2. The summed E-state index contributed by atoms with van der Waals surface area (Å²) in [5, 5.41) is 5.27. The van der Waals surface area contributed by atoms with Crippen molar-refractivity contribution in [2.45, 2.75) is 24.3 Å². The fourth-order valence-corrected chi connectivity index (χ4v) is 2.85. The lowest BCUT2D eigenvalue weighted by Gasteiger charge is -2.28. The highest BCUT2D eigenvalue weighted by molar-refractivity contribution is 7.89. The number of nitrogens with zero attached hydrogens (tertiary/aromatic N) is 1. The molecule has 1 aromatic rings. The molecule has 1 rings (SSSR count). The average Bonchev–Trinajstić information content (AvgIpc) is 2.37. The van der Waals surface area contributed by atoms with Crippen molar-refractivity contribution < 1.29 is 13.2 Å². The van der Waals surface area contributed by atoms with Crippen molar-refractivity contribution in [3.05, 3.63) is 24.3 Å². The minimum absolute atomic E-state index is 0.123. The Morgan fingerprint density at radius 3 is 2.55 bits per heavy atom. The van der Waals surface area contributed by atoms with Gasteiger partial charge in [0.05, 0.1) is 12.3 Å². The summed E-state index contributed by atoms with van der Waals surface area (Å²) in [6.07, 6.45) is 0.874. The van der Waals surface area contributed by atoms with Gasteiger partial charge in [-0.15, -0.1) is 0 Å². The Bertz CT molecular complexity index is 519. The van der Waals surface area contributed by atoms with Crippen molar-refractivity contribution in [2.75, 3.05) is 31.7 Å². The minimum Gasteiger partial charge on any atom is -0.383 e. The number of hydrogen-bond acceptors (Lipinski definition) is 5. The van der Waals surface area contributed by atoms with Gasteiger partial charge in [0.2, 0.25) is 10.0 Å². The van der Waals surface area contributed by atoms with Gasteiger partial charge in [0, 0.05) is 26.2 Å². The highest BCUT2D eigenvalue weighted by Crippen LogP contribution is 2.24. The third-order valence-electron chi connectivity index (χ3n) is 2.84. The zero-order valence-corrected chi connectivity index (χ0v) is 12.8. The number of ether oxygens (including phenoxy) is 1. The van der Waals surface area contributed by atoms with Gasteiger partial charge in [-0.1, -0.05) is 19.1 Å². The molecule has 7 heteroatoms. The second-order valence-electron chi connectivity index (χ2n) is 4.67. The first kappa shape index (κ1) is 16.9. The van der Waals surface area contributed by atoms with E-state index in [1.165, 1.54) is 6.07 Å². The first-order valence-corrected chi connectivity index (χ1v) is 8.06. The molecule has 0 aliphatic carbocycles. The van der Waals surface area contributed by atoms with E-state index in [2.05, 4.69) is 0 Å². The lowest BCUT2D eigenvalue weighted by molar-refractivity contribution is 0.181. The Kier molecular flexibility index (Phi) is 6.41. The van der Waals surface area contributed by atoms with Gasteiger partial charge in [-0.05, 0) is 18.6 Å². The Labute approximate surface area is 120 Å². The van der Waals surface area contributed by atoms with Crippen molar-refractivity contribution in [2.24, 2.45) is 10.9 Å². The average molecular weight is 301 g/mol. The van der Waals surface area contributed by atoms with Crippen LogP contribution in [0.15, 0.2) is 29.2 Å². The van der Waals surface area contributed by atoms with E-state index in [1.807, 2.05) is 11.8 Å². The minimum atomic E-state index is -3.76. The Balaban J connectivity index is 3.09. The highest BCUT2D eigenvalue weighted by atomic mass is 32.2. The quantitative estimate of drug-likeness (QED) is 0.729. The van der Waals surface area contributed by atoms with Gasteiger partial charge >= 0.3 is 0 Å². The van der Waals surface area contributed by atoms with E-state index in [1.54, 1.807) is 25.3 Å². The first-order chi connectivity index (χ1) is 9.40. The highest BCUT2D eigenvalue weighted by Gasteiger charge is 2.19. The molecule has 1 unspecified atom stereocenters. The summed E-state index contributed by atoms with van der Waals surface area (Å²) in [7, 11) is -2.17. The van der Waals surface area contributed by atoms with Crippen LogP contribution in [0.3, 0.4) is 0 Å². The fourth-order valence-electron chi connectivity index (χ4n) is 2.09. The van der Waals surface area contributed by atoms with Crippen molar-refractivity contribution in [1.82, 2.24) is 0 Å². The zero-order chi connectivity index (χ0) is 15.2. The van der Waals surface area contributed by atoms with Gasteiger partial charge in [0.25, 0.3) is 0 Å². The molecule has 0 amide bonds. The van der Waals surface area contributed by atoms with Gasteiger partial charge in [-0.3, -0.25) is 0 Å². The van der Waals surface area contributed by atoms with Crippen LogP contribution in [0.25, 0.3) is 0 Å². The summed E-state index contributed by atoms with van der Waals surface area (Å²) in [4.78, 5) is 2.06. The molecule has 6 nitrogen and oxygen atoms in total. The molecule has 0 bridgehead atoms. The maximum atomic E-state index is 11.7. The van der Waals surface area contributed by atoms with Gasteiger partial charge in [-0.2, -0.15) is 0 Å². The summed E-state index contributed by atoms with van der Waals surface area (Å²) in [6.45, 7) is 3.64. The van der Waals surface area contributed by atoms with Gasteiger partial charge in [-0.25, -0.2) is 13.6 Å². The van der Waals surface area contributed by atoms with Crippen LogP contribution < -0.4 is 15.8 Å². The molecule has 20 heavy (non-hydrogen) atoms. The van der Waals surface area contributed by atoms with Crippen molar-refractivity contribution in [1.29, 1.82) is 0 Å². The normalized spacial score (nSPS) is 13.2. The molecule has 0 aromatic heterocycles. The molecule has 0 saturated heterocycles. The predicted octanol–water partition coefficient (Wildman–Crippen LogP) is 0.524. The maximum absolute atomic E-state index is 11.7. The monoisotopic (exact) mass is 301 g/mol. The topological polar surface area (TPSA) is 98.6 Å². The van der Waals surface area contributed by atoms with Crippen LogP contribution in [0.5, 0.6) is 0 Å². The number of primary sulfonamides is 1. The summed E-state index contributed by atoms with van der Waals surface area (Å²) < 4.78 is 28.4. The van der Waals surface area contributed by atoms with Gasteiger partial charge in [0.15, 0.2) is 0 Å². The Hall–Kier alpha value is -1.15. The molecular weight excluding hydrogens is 278 g/mol. The van der Waals surface area contributed by atoms with E-state index in [0.29, 0.717) is 25.4 Å². The molecule has 0 fully saturated rings. The molecule has 0 aliphatic heterocycles. The lowest BCUT2D eigenvalue weighted by atomic mass is 10.2. The van der Waals surface area contributed by atoms with Crippen LogP contribution in [0.4, 0.5) is 5.69 Å². The molecule has 1 aromatic carbocycles. The molecular formula is C13H23N3O3S. The third kappa shape index (κ3) is 4.75. The maximum Gasteiger partial charge on any atom is 0.240 e. The second-order valence-corrected chi connectivity index (χ2v) is 6.20. The van der Waals surface area contributed by atoms with Crippen LogP contribution in [-0.4, -0.2) is 41.3 Å². The number of para-hydroxylation sites is 1. The van der Waals surface area contributed by atoms with Gasteiger partial charge in [0.1, 0.15) is 4.90 Å². The SMILES string of the molecule is CCCN(CC(N)COC)c1ccccc1S(N)(=O)=O. The van der Waals surface area contributed by atoms with E-state index < -0.39 is 10.0 Å². The third-order valence-corrected chi connectivity index (χ3v) is 3.80. The van der Waals surface area contributed by atoms with E-state index >= 15 is 0 Å². The summed E-state index contributed by atoms with van der Waals surface area (Å²) in [5.41, 5.74) is 6.55. The van der Waals surface area contributed by atoms with Gasteiger partial charge < -0.3 is 15.4 Å².